The van der Waals surface area contributed by atoms with E-state index in [4.69, 9.17) is 4.74 Å². The number of amides is 1. The van der Waals surface area contributed by atoms with Gasteiger partial charge in [-0.1, -0.05) is 36.4 Å². The van der Waals surface area contributed by atoms with E-state index in [1.54, 1.807) is 19.2 Å². The number of carbonyl (C=O) groups excluding carboxylic acids is 1. The van der Waals surface area contributed by atoms with Crippen molar-refractivity contribution >= 4 is 21.6 Å². The maximum absolute atomic E-state index is 13.5. The quantitative estimate of drug-likeness (QED) is 0.522. The van der Waals surface area contributed by atoms with Gasteiger partial charge in [-0.15, -0.1) is 0 Å². The van der Waals surface area contributed by atoms with E-state index in [0.29, 0.717) is 18.7 Å². The zero-order valence-electron chi connectivity index (χ0n) is 18.5. The van der Waals surface area contributed by atoms with E-state index in [2.05, 4.69) is 5.32 Å². The van der Waals surface area contributed by atoms with Gasteiger partial charge in [0.15, 0.2) is 0 Å². The lowest BCUT2D eigenvalue weighted by Gasteiger charge is -2.23. The van der Waals surface area contributed by atoms with Crippen LogP contribution in [0.15, 0.2) is 77.7 Å². The number of sulfonamides is 1. The Balaban J connectivity index is 1.87. The first-order valence-electron chi connectivity index (χ1n) is 10.3. The van der Waals surface area contributed by atoms with Crippen LogP contribution in [0.2, 0.25) is 0 Å². The van der Waals surface area contributed by atoms with Gasteiger partial charge in [0.05, 0.1) is 12.0 Å². The van der Waals surface area contributed by atoms with Gasteiger partial charge in [0.2, 0.25) is 15.9 Å². The van der Waals surface area contributed by atoms with E-state index < -0.39 is 10.0 Å². The van der Waals surface area contributed by atoms with Crippen LogP contribution in [-0.2, 0) is 27.8 Å². The minimum Gasteiger partial charge on any atom is -0.497 e. The molecule has 3 rings (SSSR count). The number of hydrogen-bond acceptors (Lipinski definition) is 4. The van der Waals surface area contributed by atoms with Crippen molar-refractivity contribution in [2.75, 3.05) is 19.0 Å². The van der Waals surface area contributed by atoms with Gasteiger partial charge in [0.1, 0.15) is 5.75 Å². The van der Waals surface area contributed by atoms with Crippen molar-refractivity contribution in [1.29, 1.82) is 0 Å². The number of aryl methyl sites for hydroxylation is 1. The zero-order valence-corrected chi connectivity index (χ0v) is 19.4. The summed E-state index contributed by atoms with van der Waals surface area (Å²) in [5, 5.41) is 2.66. The molecule has 0 bridgehead atoms. The number of hydrogen-bond donors (Lipinski definition) is 1. The number of rotatable bonds is 9. The normalized spacial score (nSPS) is 11.4. The summed E-state index contributed by atoms with van der Waals surface area (Å²) in [5.41, 5.74) is 3.58. The Bertz CT molecular complexity index is 1160. The molecule has 0 atom stereocenters. The molecule has 0 aromatic heterocycles. The van der Waals surface area contributed by atoms with E-state index >= 15 is 0 Å². The number of anilines is 1. The SMILES string of the molecule is COc1ccc(CCN(Cc2ccccc2C)S(=O)(=O)c2ccc(NC(C)=O)cc2)cc1. The van der Waals surface area contributed by atoms with Crippen molar-refractivity contribution in [3.05, 3.63) is 89.5 Å². The van der Waals surface area contributed by atoms with Gasteiger partial charge in [-0.3, -0.25) is 4.79 Å². The fraction of sp³-hybridized carbons (Fsp3) is 0.240. The second-order valence-electron chi connectivity index (χ2n) is 7.57. The summed E-state index contributed by atoms with van der Waals surface area (Å²) in [6.45, 7) is 3.99. The van der Waals surface area contributed by atoms with E-state index in [1.165, 1.54) is 23.4 Å². The molecule has 0 aliphatic heterocycles. The van der Waals surface area contributed by atoms with Crippen LogP contribution < -0.4 is 10.1 Å². The highest BCUT2D eigenvalue weighted by Gasteiger charge is 2.25. The molecule has 0 heterocycles. The second-order valence-corrected chi connectivity index (χ2v) is 9.51. The molecular weight excluding hydrogens is 424 g/mol. The first kappa shape index (κ1) is 23.5. The topological polar surface area (TPSA) is 75.7 Å². The van der Waals surface area contributed by atoms with Crippen molar-refractivity contribution in [1.82, 2.24) is 4.31 Å². The van der Waals surface area contributed by atoms with Crippen LogP contribution >= 0.6 is 0 Å². The Morgan fingerprint density at radius 1 is 0.969 bits per heavy atom. The van der Waals surface area contributed by atoms with Gasteiger partial charge in [-0.2, -0.15) is 4.31 Å². The van der Waals surface area contributed by atoms with Crippen molar-refractivity contribution in [3.63, 3.8) is 0 Å². The third-order valence-corrected chi connectivity index (χ3v) is 7.09. The summed E-state index contributed by atoms with van der Waals surface area (Å²) in [6.07, 6.45) is 0.569. The van der Waals surface area contributed by atoms with Crippen LogP contribution in [-0.4, -0.2) is 32.3 Å². The van der Waals surface area contributed by atoms with Gasteiger partial charge in [-0.25, -0.2) is 8.42 Å². The Hall–Kier alpha value is -3.16. The monoisotopic (exact) mass is 452 g/mol. The summed E-state index contributed by atoms with van der Waals surface area (Å²) < 4.78 is 33.8. The lowest BCUT2D eigenvalue weighted by Crippen LogP contribution is -2.33. The standard InChI is InChI=1S/C25H28N2O4S/c1-19-6-4-5-7-22(19)18-27(17-16-21-8-12-24(31-3)13-9-21)32(29,30)25-14-10-23(11-15-25)26-20(2)28/h4-15H,16-18H2,1-3H3,(H,26,28). The van der Waals surface area contributed by atoms with Crippen LogP contribution in [0.3, 0.4) is 0 Å². The third kappa shape index (κ3) is 5.96. The number of ether oxygens (including phenoxy) is 1. The molecule has 32 heavy (non-hydrogen) atoms. The lowest BCUT2D eigenvalue weighted by atomic mass is 10.1. The molecule has 0 radical (unpaired) electrons. The average Bonchev–Trinajstić information content (AvgIpc) is 2.78. The van der Waals surface area contributed by atoms with Crippen molar-refractivity contribution in [3.8, 4) is 5.75 Å². The first-order valence-corrected chi connectivity index (χ1v) is 11.8. The van der Waals surface area contributed by atoms with Gasteiger partial charge in [0, 0.05) is 25.7 Å². The molecule has 0 saturated carbocycles. The summed E-state index contributed by atoms with van der Waals surface area (Å²) in [7, 11) is -2.13. The predicted molar refractivity (Wildman–Crippen MR) is 126 cm³/mol. The van der Waals surface area contributed by atoms with E-state index in [-0.39, 0.29) is 17.3 Å². The van der Waals surface area contributed by atoms with E-state index in [9.17, 15) is 13.2 Å². The molecule has 3 aromatic rings. The molecule has 1 amide bonds. The molecule has 0 unspecified atom stereocenters. The number of benzene rings is 3. The highest BCUT2D eigenvalue weighted by molar-refractivity contribution is 7.89. The molecule has 3 aromatic carbocycles. The molecule has 168 valence electrons. The lowest BCUT2D eigenvalue weighted by molar-refractivity contribution is -0.114. The third-order valence-electron chi connectivity index (χ3n) is 5.23. The maximum atomic E-state index is 13.5. The first-order chi connectivity index (χ1) is 15.3. The average molecular weight is 453 g/mol. The molecule has 1 N–H and O–H groups in total. The van der Waals surface area contributed by atoms with Crippen LogP contribution in [0.25, 0.3) is 0 Å². The number of nitrogens with zero attached hydrogens (tertiary/aromatic N) is 1. The molecular formula is C25H28N2O4S. The Kier molecular flexibility index (Phi) is 7.66. The summed E-state index contributed by atoms with van der Waals surface area (Å²) in [6, 6.07) is 21.7. The highest BCUT2D eigenvalue weighted by Crippen LogP contribution is 2.23. The molecule has 6 nitrogen and oxygen atoms in total. The maximum Gasteiger partial charge on any atom is 0.243 e. The van der Waals surface area contributed by atoms with E-state index in [1.807, 2.05) is 55.5 Å². The van der Waals surface area contributed by atoms with E-state index in [0.717, 1.165) is 22.4 Å². The molecule has 0 aliphatic rings. The van der Waals surface area contributed by atoms with Crippen LogP contribution in [0.1, 0.15) is 23.6 Å². The largest absolute Gasteiger partial charge is 0.497 e. The number of methoxy groups -OCH3 is 1. The number of carbonyl (C=O) groups is 1. The Labute approximate surface area is 189 Å². The molecule has 7 heteroatoms. The van der Waals surface area contributed by atoms with Gasteiger partial charge in [-0.05, 0) is 66.4 Å². The fourth-order valence-corrected chi connectivity index (χ4v) is 4.79. The summed E-state index contributed by atoms with van der Waals surface area (Å²) in [4.78, 5) is 11.4. The second kappa shape index (κ2) is 10.4. The summed E-state index contributed by atoms with van der Waals surface area (Å²) in [5.74, 6) is 0.554. The van der Waals surface area contributed by atoms with Gasteiger partial charge in [0.25, 0.3) is 0 Å². The molecule has 0 saturated heterocycles. The predicted octanol–water partition coefficient (Wildman–Crippen LogP) is 4.40. The van der Waals surface area contributed by atoms with Crippen molar-refractivity contribution in [2.45, 2.75) is 31.7 Å². The van der Waals surface area contributed by atoms with Gasteiger partial charge < -0.3 is 10.1 Å². The molecule has 0 spiro atoms. The Morgan fingerprint density at radius 2 is 1.62 bits per heavy atom. The van der Waals surface area contributed by atoms with Crippen LogP contribution in [0, 0.1) is 6.92 Å². The molecule has 0 aliphatic carbocycles. The van der Waals surface area contributed by atoms with Crippen molar-refractivity contribution in [2.24, 2.45) is 0 Å². The smallest absolute Gasteiger partial charge is 0.243 e. The Morgan fingerprint density at radius 3 is 2.22 bits per heavy atom. The minimum absolute atomic E-state index is 0.190. The highest BCUT2D eigenvalue weighted by atomic mass is 32.2. The number of nitrogens with one attached hydrogen (secondary N) is 1. The minimum atomic E-state index is -3.75. The van der Waals surface area contributed by atoms with Crippen LogP contribution in [0.5, 0.6) is 5.75 Å². The fourth-order valence-electron chi connectivity index (χ4n) is 3.37. The van der Waals surface area contributed by atoms with Crippen LogP contribution in [0.4, 0.5) is 5.69 Å². The molecule has 0 fully saturated rings. The van der Waals surface area contributed by atoms with Gasteiger partial charge >= 0.3 is 0 Å². The zero-order chi connectivity index (χ0) is 23.1. The summed E-state index contributed by atoms with van der Waals surface area (Å²) >= 11 is 0. The van der Waals surface area contributed by atoms with Crippen molar-refractivity contribution < 1.29 is 17.9 Å².